The van der Waals surface area contributed by atoms with E-state index in [0.717, 1.165) is 48.3 Å². The summed E-state index contributed by atoms with van der Waals surface area (Å²) in [7, 11) is 0. The summed E-state index contributed by atoms with van der Waals surface area (Å²) in [5.74, 6) is 5.08. The third-order valence-corrected chi connectivity index (χ3v) is 6.14. The molecule has 0 radical (unpaired) electrons. The van der Waals surface area contributed by atoms with Crippen molar-refractivity contribution >= 4 is 12.2 Å². The number of fused-ring (bicyclic) bond motifs is 5. The van der Waals surface area contributed by atoms with Gasteiger partial charge in [0.25, 0.3) is 0 Å². The number of hydrogen-bond donors (Lipinski definition) is 0. The third-order valence-electron chi connectivity index (χ3n) is 6.14. The van der Waals surface area contributed by atoms with E-state index in [1.54, 1.807) is 12.2 Å². The van der Waals surface area contributed by atoms with Crippen LogP contribution in [0.2, 0.25) is 0 Å². The molecule has 6 atom stereocenters. The van der Waals surface area contributed by atoms with Gasteiger partial charge in [0.15, 0.2) is 0 Å². The monoisotopic (exact) mass is 274 g/mol. The summed E-state index contributed by atoms with van der Waals surface area (Å²) in [5.41, 5.74) is 0. The molecular formula is C16H22N2O2. The largest absolute Gasteiger partial charge is 0.234 e. The minimum Gasteiger partial charge on any atom is -0.211 e. The first-order valence-electron chi connectivity index (χ1n) is 7.92. The Morgan fingerprint density at radius 2 is 1.55 bits per heavy atom. The average molecular weight is 274 g/mol. The van der Waals surface area contributed by atoms with Crippen LogP contribution in [0.3, 0.4) is 0 Å². The minimum atomic E-state index is 0.659. The van der Waals surface area contributed by atoms with E-state index >= 15 is 0 Å². The van der Waals surface area contributed by atoms with Crippen molar-refractivity contribution in [2.75, 3.05) is 13.1 Å². The Morgan fingerprint density at radius 1 is 0.850 bits per heavy atom. The summed E-state index contributed by atoms with van der Waals surface area (Å²) in [5, 5.41) is 0. The zero-order valence-corrected chi connectivity index (χ0v) is 11.8. The molecule has 0 saturated heterocycles. The van der Waals surface area contributed by atoms with Gasteiger partial charge >= 0.3 is 0 Å². The summed E-state index contributed by atoms with van der Waals surface area (Å²) >= 11 is 0. The van der Waals surface area contributed by atoms with Gasteiger partial charge in [-0.15, -0.1) is 0 Å². The van der Waals surface area contributed by atoms with E-state index in [2.05, 4.69) is 9.98 Å². The molecule has 0 aromatic carbocycles. The standard InChI is InChI=1S/C16H22N2O2/c19-9-17-5-3-11-1-2-14-15-8-13(16(11)14)7-12(15)4-6-18-10-20/h11-16H,1-8H2. The van der Waals surface area contributed by atoms with Crippen LogP contribution < -0.4 is 0 Å². The normalized spacial score (nSPS) is 41.0. The molecule has 2 bridgehead atoms. The van der Waals surface area contributed by atoms with Crippen LogP contribution in [0.1, 0.15) is 38.5 Å². The summed E-state index contributed by atoms with van der Waals surface area (Å²) in [6, 6.07) is 0. The Kier molecular flexibility index (Phi) is 4.14. The molecule has 0 aromatic rings. The highest BCUT2D eigenvalue weighted by molar-refractivity contribution is 5.33. The number of hydrogen-bond acceptors (Lipinski definition) is 4. The van der Waals surface area contributed by atoms with E-state index in [-0.39, 0.29) is 0 Å². The van der Waals surface area contributed by atoms with Crippen LogP contribution in [0.4, 0.5) is 0 Å². The first-order chi connectivity index (χ1) is 9.85. The van der Waals surface area contributed by atoms with Crippen LogP contribution in [-0.2, 0) is 9.59 Å². The third kappa shape index (κ3) is 2.39. The molecule has 4 nitrogen and oxygen atoms in total. The molecule has 20 heavy (non-hydrogen) atoms. The molecule has 3 fully saturated rings. The second kappa shape index (κ2) is 6.03. The summed E-state index contributed by atoms with van der Waals surface area (Å²) in [4.78, 5) is 27.8. The molecule has 108 valence electrons. The van der Waals surface area contributed by atoms with Crippen molar-refractivity contribution in [2.24, 2.45) is 45.5 Å². The van der Waals surface area contributed by atoms with E-state index in [9.17, 15) is 9.59 Å². The van der Waals surface area contributed by atoms with Crippen LogP contribution in [0.25, 0.3) is 0 Å². The highest BCUT2D eigenvalue weighted by atomic mass is 16.1. The number of nitrogens with zero attached hydrogens (tertiary/aromatic N) is 2. The quantitative estimate of drug-likeness (QED) is 0.552. The molecule has 0 aromatic heterocycles. The maximum Gasteiger partial charge on any atom is 0.234 e. The Bertz CT molecular complexity index is 451. The molecule has 4 heteroatoms. The molecule has 6 unspecified atom stereocenters. The molecule has 0 amide bonds. The van der Waals surface area contributed by atoms with Gasteiger partial charge in [0, 0.05) is 0 Å². The van der Waals surface area contributed by atoms with Gasteiger partial charge in [-0.2, -0.15) is 0 Å². The highest BCUT2D eigenvalue weighted by Crippen LogP contribution is 2.63. The smallest absolute Gasteiger partial charge is 0.211 e. The topological polar surface area (TPSA) is 58.9 Å². The van der Waals surface area contributed by atoms with Gasteiger partial charge in [-0.05, 0) is 74.0 Å². The van der Waals surface area contributed by atoms with Gasteiger partial charge < -0.3 is 0 Å². The molecule has 0 aliphatic heterocycles. The average Bonchev–Trinajstić information content (AvgIpc) is 3.11. The lowest BCUT2D eigenvalue weighted by Crippen LogP contribution is -2.28. The molecule has 0 heterocycles. The van der Waals surface area contributed by atoms with E-state index in [1.807, 2.05) is 0 Å². The van der Waals surface area contributed by atoms with Crippen LogP contribution in [0.5, 0.6) is 0 Å². The highest BCUT2D eigenvalue weighted by Gasteiger charge is 2.56. The zero-order valence-electron chi connectivity index (χ0n) is 11.8. The van der Waals surface area contributed by atoms with Gasteiger partial charge in [0.2, 0.25) is 12.2 Å². The Labute approximate surface area is 119 Å². The molecule has 0 N–H and O–H groups in total. The van der Waals surface area contributed by atoms with Crippen molar-refractivity contribution in [1.82, 2.24) is 0 Å². The van der Waals surface area contributed by atoms with Crippen LogP contribution in [0.15, 0.2) is 9.98 Å². The maximum absolute atomic E-state index is 10.2. The summed E-state index contributed by atoms with van der Waals surface area (Å²) < 4.78 is 0. The minimum absolute atomic E-state index is 0.659. The fourth-order valence-corrected chi connectivity index (χ4v) is 5.64. The van der Waals surface area contributed by atoms with Gasteiger partial charge in [0.05, 0.1) is 13.1 Å². The lowest BCUT2D eigenvalue weighted by molar-refractivity contribution is 0.153. The van der Waals surface area contributed by atoms with Crippen LogP contribution in [-0.4, -0.2) is 25.2 Å². The van der Waals surface area contributed by atoms with Crippen molar-refractivity contribution < 1.29 is 9.59 Å². The molecule has 3 rings (SSSR count). The van der Waals surface area contributed by atoms with Gasteiger partial charge in [-0.1, -0.05) is 0 Å². The Hall–Kier alpha value is -1.24. The first kappa shape index (κ1) is 13.7. The summed E-state index contributed by atoms with van der Waals surface area (Å²) in [6.45, 7) is 1.32. The maximum atomic E-state index is 10.2. The number of isocyanates is 2. The molecule has 3 saturated carbocycles. The van der Waals surface area contributed by atoms with Crippen molar-refractivity contribution in [3.8, 4) is 0 Å². The van der Waals surface area contributed by atoms with Gasteiger partial charge in [-0.25, -0.2) is 19.6 Å². The fourth-order valence-electron chi connectivity index (χ4n) is 5.64. The van der Waals surface area contributed by atoms with Crippen molar-refractivity contribution in [3.63, 3.8) is 0 Å². The Morgan fingerprint density at radius 3 is 2.25 bits per heavy atom. The van der Waals surface area contributed by atoms with Crippen LogP contribution >= 0.6 is 0 Å². The number of carbonyl (C=O) groups excluding carboxylic acids is 2. The zero-order chi connectivity index (χ0) is 13.9. The summed E-state index contributed by atoms with van der Waals surface area (Å²) in [6.07, 6.45) is 10.8. The van der Waals surface area contributed by atoms with Gasteiger partial charge in [0.1, 0.15) is 0 Å². The van der Waals surface area contributed by atoms with Gasteiger partial charge in [-0.3, -0.25) is 0 Å². The molecule has 0 spiro atoms. The van der Waals surface area contributed by atoms with E-state index < -0.39 is 0 Å². The second-order valence-corrected chi connectivity index (χ2v) is 6.76. The number of aliphatic imine (C=N–C) groups is 2. The van der Waals surface area contributed by atoms with E-state index in [0.29, 0.717) is 13.1 Å². The lowest BCUT2D eigenvalue weighted by atomic mass is 9.72. The van der Waals surface area contributed by atoms with Crippen molar-refractivity contribution in [1.29, 1.82) is 0 Å². The SMILES string of the molecule is O=C=NCCC1CC2CC1C1CCC(CCN=C=O)C21. The predicted octanol–water partition coefficient (Wildman–Crippen LogP) is 2.74. The van der Waals surface area contributed by atoms with E-state index in [1.165, 1.54) is 25.7 Å². The van der Waals surface area contributed by atoms with Crippen molar-refractivity contribution in [2.45, 2.75) is 38.5 Å². The molecular weight excluding hydrogens is 252 g/mol. The van der Waals surface area contributed by atoms with Crippen molar-refractivity contribution in [3.05, 3.63) is 0 Å². The lowest BCUT2D eigenvalue weighted by Gasteiger charge is -2.33. The fraction of sp³-hybridized carbons (Fsp3) is 0.875. The molecule has 3 aliphatic carbocycles. The van der Waals surface area contributed by atoms with E-state index in [4.69, 9.17) is 0 Å². The predicted molar refractivity (Wildman–Crippen MR) is 74.6 cm³/mol. The number of rotatable bonds is 6. The first-order valence-corrected chi connectivity index (χ1v) is 7.92. The second-order valence-electron chi connectivity index (χ2n) is 6.76. The molecule has 3 aliphatic rings. The van der Waals surface area contributed by atoms with Crippen LogP contribution in [0, 0.1) is 35.5 Å². The Balaban J connectivity index is 1.57.